The number of halogens is 1. The van der Waals surface area contributed by atoms with Crippen molar-refractivity contribution in [3.63, 3.8) is 0 Å². The lowest BCUT2D eigenvalue weighted by atomic mass is 9.77. The molecule has 100 valence electrons. The monoisotopic (exact) mass is 274 g/mol. The van der Waals surface area contributed by atoms with E-state index >= 15 is 0 Å². The number of aromatic nitrogens is 2. The van der Waals surface area contributed by atoms with Crippen molar-refractivity contribution >= 4 is 11.6 Å². The zero-order valence-electron chi connectivity index (χ0n) is 11.7. The molecule has 2 unspecified atom stereocenters. The summed E-state index contributed by atoms with van der Waals surface area (Å²) in [5.74, 6) is 0.604. The summed E-state index contributed by atoms with van der Waals surface area (Å²) in [6.45, 7) is 7.15. The SMILES string of the molecule is Cc1nn(CC2Cc3ccccc32)c(C)c1C(C)Cl. The van der Waals surface area contributed by atoms with E-state index in [-0.39, 0.29) is 5.38 Å². The quantitative estimate of drug-likeness (QED) is 0.769. The van der Waals surface area contributed by atoms with Gasteiger partial charge in [-0.3, -0.25) is 4.68 Å². The van der Waals surface area contributed by atoms with Crippen LogP contribution in [0.15, 0.2) is 24.3 Å². The third-order valence-electron chi connectivity index (χ3n) is 4.19. The fourth-order valence-electron chi connectivity index (χ4n) is 3.20. The molecule has 0 spiro atoms. The fraction of sp³-hybridized carbons (Fsp3) is 0.438. The number of nitrogens with zero attached hydrogens (tertiary/aromatic N) is 2. The number of benzene rings is 1. The van der Waals surface area contributed by atoms with Crippen LogP contribution in [0, 0.1) is 13.8 Å². The summed E-state index contributed by atoms with van der Waals surface area (Å²) in [6.07, 6.45) is 1.17. The van der Waals surface area contributed by atoms with Gasteiger partial charge < -0.3 is 0 Å². The average Bonchev–Trinajstić information content (AvgIpc) is 2.61. The van der Waals surface area contributed by atoms with Gasteiger partial charge in [-0.25, -0.2) is 0 Å². The Kier molecular flexibility index (Phi) is 3.14. The molecule has 0 N–H and O–H groups in total. The van der Waals surface area contributed by atoms with Gasteiger partial charge in [0.05, 0.1) is 11.1 Å². The zero-order chi connectivity index (χ0) is 13.6. The Hall–Kier alpha value is -1.28. The van der Waals surface area contributed by atoms with Gasteiger partial charge >= 0.3 is 0 Å². The first kappa shape index (κ1) is 12.7. The van der Waals surface area contributed by atoms with Crippen molar-refractivity contribution in [2.45, 2.75) is 45.0 Å². The van der Waals surface area contributed by atoms with Crippen molar-refractivity contribution in [2.75, 3.05) is 0 Å². The summed E-state index contributed by atoms with van der Waals surface area (Å²) < 4.78 is 2.13. The van der Waals surface area contributed by atoms with E-state index < -0.39 is 0 Å². The lowest BCUT2D eigenvalue weighted by molar-refractivity contribution is 0.466. The number of aryl methyl sites for hydroxylation is 1. The van der Waals surface area contributed by atoms with Crippen LogP contribution < -0.4 is 0 Å². The molecule has 0 fully saturated rings. The third kappa shape index (κ3) is 2.08. The minimum atomic E-state index is 0.0300. The molecule has 3 heteroatoms. The van der Waals surface area contributed by atoms with Gasteiger partial charge in [-0.2, -0.15) is 5.10 Å². The molecule has 1 aliphatic carbocycles. The first-order valence-electron chi connectivity index (χ1n) is 6.83. The van der Waals surface area contributed by atoms with Crippen LogP contribution >= 0.6 is 11.6 Å². The van der Waals surface area contributed by atoms with Crippen LogP contribution in [0.5, 0.6) is 0 Å². The normalized spacial score (nSPS) is 18.8. The van der Waals surface area contributed by atoms with Crippen molar-refractivity contribution in [3.05, 3.63) is 52.3 Å². The summed E-state index contributed by atoms with van der Waals surface area (Å²) in [4.78, 5) is 0. The highest BCUT2D eigenvalue weighted by Crippen LogP contribution is 2.36. The van der Waals surface area contributed by atoms with E-state index in [1.54, 1.807) is 0 Å². The molecule has 19 heavy (non-hydrogen) atoms. The third-order valence-corrected chi connectivity index (χ3v) is 4.41. The molecule has 3 rings (SSSR count). The minimum Gasteiger partial charge on any atom is -0.269 e. The van der Waals surface area contributed by atoms with Gasteiger partial charge in [0.15, 0.2) is 0 Å². The van der Waals surface area contributed by atoms with E-state index in [1.165, 1.54) is 28.8 Å². The summed E-state index contributed by atoms with van der Waals surface area (Å²) in [6, 6.07) is 8.70. The maximum atomic E-state index is 6.24. The summed E-state index contributed by atoms with van der Waals surface area (Å²) in [5, 5.41) is 4.69. The molecule has 0 saturated carbocycles. The van der Waals surface area contributed by atoms with Crippen molar-refractivity contribution < 1.29 is 0 Å². The van der Waals surface area contributed by atoms with Gasteiger partial charge in [-0.15, -0.1) is 11.6 Å². The number of fused-ring (bicyclic) bond motifs is 1. The number of rotatable bonds is 3. The van der Waals surface area contributed by atoms with Gasteiger partial charge in [0.1, 0.15) is 0 Å². The Bertz CT molecular complexity index is 613. The number of hydrogen-bond donors (Lipinski definition) is 0. The molecule has 1 aliphatic rings. The standard InChI is InChI=1S/C16H19ClN2/c1-10(17)16-11(2)18-19(12(16)3)9-14-8-13-6-4-5-7-15(13)14/h4-7,10,14H,8-9H2,1-3H3. The first-order valence-corrected chi connectivity index (χ1v) is 7.27. The summed E-state index contributed by atoms with van der Waals surface area (Å²) in [5.41, 5.74) is 6.43. The molecule has 0 radical (unpaired) electrons. The predicted octanol–water partition coefficient (Wildman–Crippen LogP) is 4.14. The van der Waals surface area contributed by atoms with Crippen LogP contribution in [-0.2, 0) is 13.0 Å². The molecule has 2 aromatic rings. The molecule has 0 aliphatic heterocycles. The zero-order valence-corrected chi connectivity index (χ0v) is 12.4. The topological polar surface area (TPSA) is 17.8 Å². The summed E-state index contributed by atoms with van der Waals surface area (Å²) in [7, 11) is 0. The van der Waals surface area contributed by atoms with Crippen molar-refractivity contribution in [3.8, 4) is 0 Å². The maximum absolute atomic E-state index is 6.24. The van der Waals surface area contributed by atoms with Crippen LogP contribution in [-0.4, -0.2) is 9.78 Å². The van der Waals surface area contributed by atoms with Crippen molar-refractivity contribution in [1.29, 1.82) is 0 Å². The molecule has 1 aromatic carbocycles. The Balaban J connectivity index is 1.85. The Morgan fingerprint density at radius 1 is 1.37 bits per heavy atom. The van der Waals surface area contributed by atoms with Crippen LogP contribution in [0.25, 0.3) is 0 Å². The lowest BCUT2D eigenvalue weighted by Gasteiger charge is -2.30. The fourth-order valence-corrected chi connectivity index (χ4v) is 3.51. The van der Waals surface area contributed by atoms with E-state index in [0.717, 1.165) is 12.2 Å². The van der Waals surface area contributed by atoms with Gasteiger partial charge in [-0.1, -0.05) is 24.3 Å². The molecular weight excluding hydrogens is 256 g/mol. The molecule has 1 heterocycles. The Morgan fingerprint density at radius 2 is 2.11 bits per heavy atom. The number of alkyl halides is 1. The van der Waals surface area contributed by atoms with E-state index in [4.69, 9.17) is 11.6 Å². The number of hydrogen-bond acceptors (Lipinski definition) is 1. The largest absolute Gasteiger partial charge is 0.269 e. The van der Waals surface area contributed by atoms with Crippen molar-refractivity contribution in [1.82, 2.24) is 9.78 Å². The average molecular weight is 275 g/mol. The highest BCUT2D eigenvalue weighted by molar-refractivity contribution is 6.20. The van der Waals surface area contributed by atoms with Crippen molar-refractivity contribution in [2.24, 2.45) is 0 Å². The molecule has 1 aromatic heterocycles. The molecule has 0 amide bonds. The highest BCUT2D eigenvalue weighted by atomic mass is 35.5. The predicted molar refractivity (Wildman–Crippen MR) is 78.9 cm³/mol. The molecule has 0 saturated heterocycles. The van der Waals surface area contributed by atoms with E-state index in [1.807, 2.05) is 13.8 Å². The van der Waals surface area contributed by atoms with E-state index in [2.05, 4.69) is 41.0 Å². The van der Waals surface area contributed by atoms with E-state index in [9.17, 15) is 0 Å². The van der Waals surface area contributed by atoms with Gasteiger partial charge in [-0.05, 0) is 38.3 Å². The van der Waals surface area contributed by atoms with Crippen LogP contribution in [0.2, 0.25) is 0 Å². The first-order chi connectivity index (χ1) is 9.08. The Morgan fingerprint density at radius 3 is 2.74 bits per heavy atom. The van der Waals surface area contributed by atoms with E-state index in [0.29, 0.717) is 5.92 Å². The van der Waals surface area contributed by atoms with Gasteiger partial charge in [0, 0.05) is 23.7 Å². The second-order valence-electron chi connectivity index (χ2n) is 5.48. The second-order valence-corrected chi connectivity index (χ2v) is 6.14. The molecular formula is C16H19ClN2. The second kappa shape index (κ2) is 4.68. The summed E-state index contributed by atoms with van der Waals surface area (Å²) >= 11 is 6.24. The maximum Gasteiger partial charge on any atom is 0.0643 e. The Labute approximate surface area is 119 Å². The van der Waals surface area contributed by atoms with Crippen LogP contribution in [0.1, 0.15) is 46.3 Å². The molecule has 2 nitrogen and oxygen atoms in total. The van der Waals surface area contributed by atoms with Gasteiger partial charge in [0.25, 0.3) is 0 Å². The molecule has 2 atom stereocenters. The smallest absolute Gasteiger partial charge is 0.0643 e. The van der Waals surface area contributed by atoms with Gasteiger partial charge in [0.2, 0.25) is 0 Å². The minimum absolute atomic E-state index is 0.0300. The molecule has 0 bridgehead atoms. The van der Waals surface area contributed by atoms with Crippen LogP contribution in [0.3, 0.4) is 0 Å². The highest BCUT2D eigenvalue weighted by Gasteiger charge is 2.27. The van der Waals surface area contributed by atoms with Crippen LogP contribution in [0.4, 0.5) is 0 Å². The lowest BCUT2D eigenvalue weighted by Crippen LogP contribution is -2.23.